The first-order chi connectivity index (χ1) is 14.8. The van der Waals surface area contributed by atoms with Crippen LogP contribution in [0.1, 0.15) is 23.1 Å². The number of aromatic nitrogens is 7. The zero-order valence-electron chi connectivity index (χ0n) is 15.6. The summed E-state index contributed by atoms with van der Waals surface area (Å²) in [5.74, 6) is 0.371. The molecule has 0 radical (unpaired) electrons. The van der Waals surface area contributed by atoms with Gasteiger partial charge < -0.3 is 14.3 Å². The number of nitrogens with zero attached hydrogens (tertiary/aromatic N) is 7. The van der Waals surface area contributed by atoms with Crippen LogP contribution in [0.25, 0.3) is 17.1 Å². The fourth-order valence-electron chi connectivity index (χ4n) is 3.84. The van der Waals surface area contributed by atoms with E-state index in [9.17, 15) is 0 Å². The molecule has 0 spiro atoms. The molecule has 0 saturated heterocycles. The summed E-state index contributed by atoms with van der Waals surface area (Å²) < 4.78 is 7.70. The minimum atomic E-state index is -0.284. The molecule has 0 fully saturated rings. The lowest BCUT2D eigenvalue weighted by atomic mass is 10.0. The predicted molar refractivity (Wildman–Crippen MR) is 109 cm³/mol. The molecule has 1 aliphatic heterocycles. The third-order valence-electron chi connectivity index (χ3n) is 5.21. The Balaban J connectivity index is 1.46. The highest BCUT2D eigenvalue weighted by atomic mass is 35.5. The van der Waals surface area contributed by atoms with Gasteiger partial charge in [-0.25, -0.2) is 9.50 Å². The van der Waals surface area contributed by atoms with Gasteiger partial charge in [-0.2, -0.15) is 5.10 Å². The number of pyridine rings is 2. The number of aromatic amines is 1. The molecule has 0 aromatic carbocycles. The Kier molecular flexibility index (Phi) is 3.81. The predicted octanol–water partition coefficient (Wildman–Crippen LogP) is 3.31. The Morgan fingerprint density at radius 2 is 2.07 bits per heavy atom. The van der Waals surface area contributed by atoms with Crippen LogP contribution in [0.2, 0.25) is 5.15 Å². The zero-order valence-corrected chi connectivity index (χ0v) is 16.4. The third-order valence-corrected chi connectivity index (χ3v) is 5.49. The number of imidazole rings is 1. The first kappa shape index (κ1) is 17.2. The van der Waals surface area contributed by atoms with Crippen molar-refractivity contribution in [1.29, 1.82) is 0 Å². The molecule has 10 heteroatoms. The smallest absolute Gasteiger partial charge is 0.319 e. The summed E-state index contributed by atoms with van der Waals surface area (Å²) in [4.78, 5) is 14.1. The van der Waals surface area contributed by atoms with Gasteiger partial charge >= 0.3 is 6.01 Å². The first-order valence-electron chi connectivity index (χ1n) is 9.46. The molecular formula is C20H15ClN8O. The highest BCUT2D eigenvalue weighted by Gasteiger charge is 2.36. The van der Waals surface area contributed by atoms with Crippen LogP contribution in [-0.2, 0) is 6.42 Å². The van der Waals surface area contributed by atoms with Gasteiger partial charge in [0.1, 0.15) is 16.9 Å². The average molecular weight is 419 g/mol. The van der Waals surface area contributed by atoms with Crippen molar-refractivity contribution in [3.05, 3.63) is 77.2 Å². The van der Waals surface area contributed by atoms with E-state index in [0.717, 1.165) is 29.0 Å². The number of rotatable bonds is 3. The fourth-order valence-corrected chi connectivity index (χ4v) is 4.05. The van der Waals surface area contributed by atoms with Crippen molar-refractivity contribution in [2.75, 3.05) is 11.4 Å². The topological polar surface area (TPSA) is 101 Å². The second-order valence-electron chi connectivity index (χ2n) is 6.97. The molecule has 1 aliphatic rings. The summed E-state index contributed by atoms with van der Waals surface area (Å²) in [7, 11) is 0. The Morgan fingerprint density at radius 1 is 1.10 bits per heavy atom. The standard InChI is InChI=1S/C20H15ClN8O/c21-16-6-3-4-12-10-15(27-29(12)16)18-17-13(23-11-24-17)7-9-28(18)20-26-25-19(30-20)14-5-1-2-8-22-14/h1-6,8,10-11,18H,7,9H2,(H,23,24)/t18-/m1/s1. The summed E-state index contributed by atoms with van der Waals surface area (Å²) in [6.45, 7) is 0.672. The van der Waals surface area contributed by atoms with Crippen molar-refractivity contribution in [2.24, 2.45) is 0 Å². The Hall–Kier alpha value is -3.72. The van der Waals surface area contributed by atoms with E-state index >= 15 is 0 Å². The van der Waals surface area contributed by atoms with Crippen LogP contribution in [0.4, 0.5) is 6.01 Å². The number of halogens is 1. The van der Waals surface area contributed by atoms with E-state index in [2.05, 4.69) is 25.1 Å². The van der Waals surface area contributed by atoms with Crippen LogP contribution in [0, 0.1) is 0 Å². The minimum Gasteiger partial charge on any atom is -0.402 e. The SMILES string of the molecule is Clc1cccc2cc([C@@H]3c4nc[nH]c4CCN3c3nnc(-c4ccccn4)o3)nn12. The van der Waals surface area contributed by atoms with Gasteiger partial charge in [0.2, 0.25) is 0 Å². The van der Waals surface area contributed by atoms with Gasteiger partial charge in [-0.05, 0) is 30.3 Å². The van der Waals surface area contributed by atoms with Crippen molar-refractivity contribution in [1.82, 2.24) is 34.8 Å². The highest BCUT2D eigenvalue weighted by molar-refractivity contribution is 6.29. The molecular weight excluding hydrogens is 404 g/mol. The summed E-state index contributed by atoms with van der Waals surface area (Å²) in [6.07, 6.45) is 4.18. The molecule has 6 rings (SSSR count). The molecule has 0 bridgehead atoms. The Bertz CT molecular complexity index is 1340. The Morgan fingerprint density at radius 3 is 2.93 bits per heavy atom. The normalized spacial score (nSPS) is 16.2. The molecule has 0 amide bonds. The molecule has 5 aromatic heterocycles. The number of hydrogen-bond donors (Lipinski definition) is 1. The van der Waals surface area contributed by atoms with Crippen LogP contribution in [-0.4, -0.2) is 41.3 Å². The maximum absolute atomic E-state index is 6.33. The van der Waals surface area contributed by atoms with E-state index in [4.69, 9.17) is 21.1 Å². The fraction of sp³-hybridized carbons (Fsp3) is 0.150. The van der Waals surface area contributed by atoms with Crippen LogP contribution < -0.4 is 4.90 Å². The van der Waals surface area contributed by atoms with Gasteiger partial charge in [0.15, 0.2) is 0 Å². The van der Waals surface area contributed by atoms with Crippen LogP contribution in [0.5, 0.6) is 0 Å². The molecule has 0 saturated carbocycles. The lowest BCUT2D eigenvalue weighted by Crippen LogP contribution is -2.36. The lowest BCUT2D eigenvalue weighted by molar-refractivity contribution is 0.502. The number of hydrogen-bond acceptors (Lipinski definition) is 7. The first-order valence-corrected chi connectivity index (χ1v) is 9.83. The molecule has 0 aliphatic carbocycles. The highest BCUT2D eigenvalue weighted by Crippen LogP contribution is 2.37. The molecule has 1 N–H and O–H groups in total. The van der Waals surface area contributed by atoms with Gasteiger partial charge in [0, 0.05) is 24.9 Å². The number of anilines is 1. The molecule has 148 valence electrons. The molecule has 5 aromatic rings. The summed E-state index contributed by atoms with van der Waals surface area (Å²) in [5, 5.41) is 13.8. The number of fused-ring (bicyclic) bond motifs is 2. The van der Waals surface area contributed by atoms with Gasteiger partial charge in [-0.3, -0.25) is 4.98 Å². The van der Waals surface area contributed by atoms with Gasteiger partial charge in [-0.15, -0.1) is 5.10 Å². The van der Waals surface area contributed by atoms with Crippen molar-refractivity contribution < 1.29 is 4.42 Å². The van der Waals surface area contributed by atoms with Gasteiger partial charge in [0.05, 0.1) is 23.2 Å². The minimum absolute atomic E-state index is 0.284. The lowest BCUT2D eigenvalue weighted by Gasteiger charge is -2.32. The van der Waals surface area contributed by atoms with Gasteiger partial charge in [-0.1, -0.05) is 28.8 Å². The molecule has 0 unspecified atom stereocenters. The van der Waals surface area contributed by atoms with Crippen LogP contribution in [0.3, 0.4) is 0 Å². The van der Waals surface area contributed by atoms with Crippen LogP contribution in [0.15, 0.2) is 59.4 Å². The molecule has 1 atom stereocenters. The summed E-state index contributed by atoms with van der Waals surface area (Å²) >= 11 is 6.33. The quantitative estimate of drug-likeness (QED) is 0.448. The Labute approximate surface area is 175 Å². The third kappa shape index (κ3) is 2.66. The van der Waals surface area contributed by atoms with E-state index in [0.29, 0.717) is 29.3 Å². The van der Waals surface area contributed by atoms with Gasteiger partial charge in [0.25, 0.3) is 5.89 Å². The number of nitrogens with one attached hydrogen (secondary N) is 1. The van der Waals surface area contributed by atoms with E-state index in [1.807, 2.05) is 41.3 Å². The van der Waals surface area contributed by atoms with Crippen molar-refractivity contribution in [2.45, 2.75) is 12.5 Å². The second kappa shape index (κ2) is 6.67. The molecule has 30 heavy (non-hydrogen) atoms. The number of H-pyrrole nitrogens is 1. The van der Waals surface area contributed by atoms with E-state index in [1.54, 1.807) is 23.1 Å². The van der Waals surface area contributed by atoms with E-state index in [-0.39, 0.29) is 6.04 Å². The van der Waals surface area contributed by atoms with Crippen molar-refractivity contribution >= 4 is 23.1 Å². The van der Waals surface area contributed by atoms with Crippen molar-refractivity contribution in [3.8, 4) is 11.6 Å². The summed E-state index contributed by atoms with van der Waals surface area (Å²) in [6, 6.07) is 13.4. The molecule has 6 heterocycles. The zero-order chi connectivity index (χ0) is 20.1. The molecule has 9 nitrogen and oxygen atoms in total. The van der Waals surface area contributed by atoms with Crippen molar-refractivity contribution in [3.63, 3.8) is 0 Å². The van der Waals surface area contributed by atoms with E-state index < -0.39 is 0 Å². The van der Waals surface area contributed by atoms with E-state index in [1.165, 1.54) is 0 Å². The maximum atomic E-state index is 6.33. The maximum Gasteiger partial charge on any atom is 0.319 e. The largest absolute Gasteiger partial charge is 0.402 e. The second-order valence-corrected chi connectivity index (χ2v) is 7.36. The monoisotopic (exact) mass is 418 g/mol. The van der Waals surface area contributed by atoms with Crippen LogP contribution >= 0.6 is 11.6 Å². The average Bonchev–Trinajstić information content (AvgIpc) is 3.52. The summed E-state index contributed by atoms with van der Waals surface area (Å²) in [5.41, 5.74) is 4.29.